The summed E-state index contributed by atoms with van der Waals surface area (Å²) < 4.78 is 1.23. The Bertz CT molecular complexity index is 1180. The summed E-state index contributed by atoms with van der Waals surface area (Å²) in [6.07, 6.45) is 3.44. The van der Waals surface area contributed by atoms with Gasteiger partial charge in [-0.3, -0.25) is 15.8 Å². The van der Waals surface area contributed by atoms with Gasteiger partial charge in [-0.2, -0.15) is 10.0 Å². The van der Waals surface area contributed by atoms with E-state index in [0.29, 0.717) is 5.69 Å². The lowest BCUT2D eigenvalue weighted by atomic mass is 10.1. The van der Waals surface area contributed by atoms with Crippen LogP contribution in [-0.2, 0) is 6.42 Å². The quantitative estimate of drug-likeness (QED) is 0.332. The second-order valence-electron chi connectivity index (χ2n) is 7.90. The molecule has 1 aromatic carbocycles. The average Bonchev–Trinajstić information content (AvgIpc) is 2.78. The number of rotatable bonds is 5. The summed E-state index contributed by atoms with van der Waals surface area (Å²) in [6.45, 7) is 3.24. The van der Waals surface area contributed by atoms with Crippen LogP contribution < -0.4 is 10.4 Å². The Balaban J connectivity index is 1.58. The Morgan fingerprint density at radius 3 is 2.77 bits per heavy atom. The van der Waals surface area contributed by atoms with Crippen LogP contribution >= 0.6 is 0 Å². The highest BCUT2D eigenvalue weighted by Gasteiger charge is 2.18. The number of piperidine rings is 1. The standard InChI is InChI=1S/C22H25N7O2/c1-14(27-31)19-4-5-21(23)29(26-19)22(24)11-15-2-3-20-16(10-15)12-17(13-25-20)28-8-6-18(30)7-9-28/h2-5,10,12-14,18,23-24,30H,6-9,11H2,1H3. The summed E-state index contributed by atoms with van der Waals surface area (Å²) in [6, 6.07) is 10.4. The Labute approximate surface area is 179 Å². The predicted molar refractivity (Wildman–Crippen MR) is 118 cm³/mol. The number of pyridine rings is 1. The number of aromatic nitrogens is 3. The number of benzene rings is 1. The van der Waals surface area contributed by atoms with E-state index in [-0.39, 0.29) is 23.8 Å². The van der Waals surface area contributed by atoms with Crippen molar-refractivity contribution < 1.29 is 5.11 Å². The average molecular weight is 419 g/mol. The molecule has 160 valence electrons. The van der Waals surface area contributed by atoms with E-state index in [0.717, 1.165) is 48.1 Å². The molecule has 3 heterocycles. The molecular weight excluding hydrogens is 394 g/mol. The Morgan fingerprint density at radius 2 is 2.03 bits per heavy atom. The molecule has 0 saturated carbocycles. The van der Waals surface area contributed by atoms with Crippen LogP contribution in [0.3, 0.4) is 0 Å². The van der Waals surface area contributed by atoms with Gasteiger partial charge in [0.1, 0.15) is 17.4 Å². The van der Waals surface area contributed by atoms with Crippen LogP contribution in [0, 0.1) is 15.7 Å². The van der Waals surface area contributed by atoms with E-state index in [1.54, 1.807) is 13.0 Å². The van der Waals surface area contributed by atoms with E-state index in [4.69, 9.17) is 10.8 Å². The third-order valence-electron chi connectivity index (χ3n) is 5.63. The second-order valence-corrected chi connectivity index (χ2v) is 7.90. The molecule has 9 nitrogen and oxygen atoms in total. The monoisotopic (exact) mass is 419 g/mol. The number of aliphatic hydroxyl groups excluding tert-OH is 1. The first kappa shape index (κ1) is 20.8. The normalized spacial score (nSPS) is 15.7. The fraction of sp³-hybridized carbons (Fsp3) is 0.364. The van der Waals surface area contributed by atoms with Gasteiger partial charge in [-0.15, -0.1) is 0 Å². The molecule has 0 spiro atoms. The van der Waals surface area contributed by atoms with Crippen molar-refractivity contribution in [3.63, 3.8) is 0 Å². The molecule has 1 aliphatic rings. The Hall–Kier alpha value is -3.46. The van der Waals surface area contributed by atoms with Crippen molar-refractivity contribution in [2.75, 3.05) is 18.0 Å². The van der Waals surface area contributed by atoms with Crippen LogP contribution in [0.5, 0.6) is 0 Å². The second kappa shape index (κ2) is 8.73. The number of hydrogen-bond acceptors (Lipinski definition) is 8. The van der Waals surface area contributed by atoms with Crippen molar-refractivity contribution in [2.24, 2.45) is 5.18 Å². The molecule has 0 bridgehead atoms. The summed E-state index contributed by atoms with van der Waals surface area (Å²) in [5, 5.41) is 34.5. The molecule has 2 aromatic heterocycles. The molecule has 0 amide bonds. The molecule has 1 saturated heterocycles. The van der Waals surface area contributed by atoms with E-state index >= 15 is 0 Å². The number of nitrogens with zero attached hydrogens (tertiary/aromatic N) is 5. The van der Waals surface area contributed by atoms with Crippen molar-refractivity contribution in [3.8, 4) is 0 Å². The molecular formula is C22H25N7O2. The maximum atomic E-state index is 10.8. The fourth-order valence-electron chi connectivity index (χ4n) is 3.76. The van der Waals surface area contributed by atoms with Gasteiger partial charge in [0, 0.05) is 24.9 Å². The molecule has 31 heavy (non-hydrogen) atoms. The van der Waals surface area contributed by atoms with Crippen LogP contribution in [0.15, 0.2) is 47.8 Å². The number of anilines is 1. The van der Waals surface area contributed by atoms with Crippen LogP contribution in [-0.4, -0.2) is 44.9 Å². The number of hydrogen-bond donors (Lipinski definition) is 3. The topological polar surface area (TPSA) is 131 Å². The van der Waals surface area contributed by atoms with Gasteiger partial charge in [-0.1, -0.05) is 11.2 Å². The van der Waals surface area contributed by atoms with Crippen molar-refractivity contribution in [1.82, 2.24) is 14.8 Å². The number of fused-ring (bicyclic) bond motifs is 1. The molecule has 9 heteroatoms. The lowest BCUT2D eigenvalue weighted by molar-refractivity contribution is 0.145. The molecule has 0 radical (unpaired) electrons. The summed E-state index contributed by atoms with van der Waals surface area (Å²) in [4.78, 5) is 17.6. The maximum Gasteiger partial charge on any atom is 0.148 e. The first-order valence-electron chi connectivity index (χ1n) is 10.3. The zero-order chi connectivity index (χ0) is 22.0. The third-order valence-corrected chi connectivity index (χ3v) is 5.63. The highest BCUT2D eigenvalue weighted by Crippen LogP contribution is 2.24. The zero-order valence-electron chi connectivity index (χ0n) is 17.3. The van der Waals surface area contributed by atoms with Crippen molar-refractivity contribution >= 4 is 22.4 Å². The van der Waals surface area contributed by atoms with E-state index in [1.165, 1.54) is 10.7 Å². The summed E-state index contributed by atoms with van der Waals surface area (Å²) in [7, 11) is 0. The lowest BCUT2D eigenvalue weighted by Crippen LogP contribution is -2.35. The summed E-state index contributed by atoms with van der Waals surface area (Å²) in [5.74, 6) is 0.137. The van der Waals surface area contributed by atoms with E-state index < -0.39 is 6.04 Å². The van der Waals surface area contributed by atoms with E-state index in [2.05, 4.69) is 26.2 Å². The molecule has 1 unspecified atom stereocenters. The van der Waals surface area contributed by atoms with Gasteiger partial charge in [-0.25, -0.2) is 4.68 Å². The van der Waals surface area contributed by atoms with Crippen molar-refractivity contribution in [3.05, 3.63) is 64.2 Å². The number of nitrogens with one attached hydrogen (secondary N) is 2. The van der Waals surface area contributed by atoms with Crippen LogP contribution in [0.1, 0.15) is 37.1 Å². The van der Waals surface area contributed by atoms with Crippen LogP contribution in [0.2, 0.25) is 0 Å². The van der Waals surface area contributed by atoms with E-state index in [1.807, 2.05) is 24.4 Å². The minimum Gasteiger partial charge on any atom is -0.393 e. The molecule has 1 atom stereocenters. The molecule has 1 aliphatic heterocycles. The molecule has 3 aromatic rings. The van der Waals surface area contributed by atoms with E-state index in [9.17, 15) is 10.0 Å². The molecule has 3 N–H and O–H groups in total. The highest BCUT2D eigenvalue weighted by molar-refractivity contribution is 5.86. The number of nitroso groups, excluding NO2 is 1. The van der Waals surface area contributed by atoms with Gasteiger partial charge in [0.15, 0.2) is 0 Å². The first-order chi connectivity index (χ1) is 14.9. The lowest BCUT2D eigenvalue weighted by Gasteiger charge is -2.31. The fourth-order valence-corrected chi connectivity index (χ4v) is 3.76. The highest BCUT2D eigenvalue weighted by atomic mass is 16.3. The smallest absolute Gasteiger partial charge is 0.148 e. The van der Waals surface area contributed by atoms with Crippen molar-refractivity contribution in [2.45, 2.75) is 38.3 Å². The first-order valence-corrected chi connectivity index (χ1v) is 10.3. The van der Waals surface area contributed by atoms with Crippen LogP contribution in [0.4, 0.5) is 5.69 Å². The predicted octanol–water partition coefficient (Wildman–Crippen LogP) is 2.77. The zero-order valence-corrected chi connectivity index (χ0v) is 17.3. The largest absolute Gasteiger partial charge is 0.393 e. The van der Waals surface area contributed by atoms with Gasteiger partial charge in [0.2, 0.25) is 0 Å². The minimum absolute atomic E-state index is 0.0730. The third kappa shape index (κ3) is 4.51. The molecule has 0 aliphatic carbocycles. The van der Waals surface area contributed by atoms with Gasteiger partial charge < -0.3 is 10.0 Å². The van der Waals surface area contributed by atoms with Crippen molar-refractivity contribution in [1.29, 1.82) is 10.8 Å². The maximum absolute atomic E-state index is 10.8. The van der Waals surface area contributed by atoms with Crippen LogP contribution in [0.25, 0.3) is 10.9 Å². The van der Waals surface area contributed by atoms with Gasteiger partial charge >= 0.3 is 0 Å². The summed E-state index contributed by atoms with van der Waals surface area (Å²) in [5.41, 5.74) is 3.31. The Morgan fingerprint density at radius 1 is 1.26 bits per heavy atom. The summed E-state index contributed by atoms with van der Waals surface area (Å²) >= 11 is 0. The minimum atomic E-state index is -0.638. The molecule has 4 rings (SSSR count). The van der Waals surface area contributed by atoms with Gasteiger partial charge in [-0.05, 0) is 55.7 Å². The van der Waals surface area contributed by atoms with Gasteiger partial charge in [0.05, 0.1) is 29.2 Å². The Kier molecular flexibility index (Phi) is 5.85. The number of aliphatic hydroxyl groups is 1. The van der Waals surface area contributed by atoms with Gasteiger partial charge in [0.25, 0.3) is 0 Å². The molecule has 1 fully saturated rings. The SMILES string of the molecule is CC(N=O)c1ccc(=N)n(C(=N)Cc2ccc3ncc(N4CCC(O)CC4)cc3c2)n1.